The average molecular weight is 405 g/mol. The second-order valence-electron chi connectivity index (χ2n) is 5.30. The Balaban J connectivity index is 1.98. The molecule has 1 aliphatic rings. The molecule has 1 amide bonds. The molecule has 1 aromatic carbocycles. The number of hydrogen-bond donors (Lipinski definition) is 2. The molecule has 0 heterocycles. The second kappa shape index (κ2) is 7.02. The first-order valence-electron chi connectivity index (χ1n) is 6.88. The molecule has 0 unspecified atom stereocenters. The number of carbonyl (C=O) groups is 1. The van der Waals surface area contributed by atoms with E-state index in [1.807, 2.05) is 34.4 Å². The zero-order valence-corrected chi connectivity index (χ0v) is 14.6. The lowest BCUT2D eigenvalue weighted by Gasteiger charge is -2.35. The Labute approximate surface area is 138 Å². The molecule has 1 fully saturated rings. The molecule has 1 aliphatic carbocycles. The standard InChI is InChI=1S/C15H20INO2S/c1-20-15(7-3-2-4-8-15)10-17-14(19)11-5-6-12(16)13(18)9-11/h5-6,9,18H,2-4,7-8,10H2,1H3,(H,17,19). The van der Waals surface area contributed by atoms with Crippen LogP contribution >= 0.6 is 34.4 Å². The topological polar surface area (TPSA) is 49.3 Å². The number of benzene rings is 1. The molecular formula is C15H20INO2S. The summed E-state index contributed by atoms with van der Waals surface area (Å²) < 4.78 is 0.950. The normalized spacial score (nSPS) is 17.7. The Morgan fingerprint density at radius 2 is 2.10 bits per heavy atom. The van der Waals surface area contributed by atoms with Crippen LogP contribution in [-0.4, -0.2) is 28.6 Å². The summed E-state index contributed by atoms with van der Waals surface area (Å²) in [6.45, 7) is 0.708. The van der Waals surface area contributed by atoms with Crippen LogP contribution in [0, 0.1) is 3.57 Å². The predicted molar refractivity (Wildman–Crippen MR) is 92.5 cm³/mol. The first kappa shape index (κ1) is 15.9. The molecule has 20 heavy (non-hydrogen) atoms. The minimum absolute atomic E-state index is 0.101. The number of thioether (sulfide) groups is 1. The number of hydrogen-bond acceptors (Lipinski definition) is 3. The number of halogens is 1. The van der Waals surface area contributed by atoms with E-state index in [0.29, 0.717) is 12.1 Å². The van der Waals surface area contributed by atoms with Crippen molar-refractivity contribution in [3.63, 3.8) is 0 Å². The van der Waals surface area contributed by atoms with Gasteiger partial charge in [0.05, 0.1) is 3.57 Å². The third kappa shape index (κ3) is 3.81. The van der Waals surface area contributed by atoms with E-state index in [2.05, 4.69) is 11.6 Å². The fourth-order valence-corrected chi connectivity index (χ4v) is 3.90. The van der Waals surface area contributed by atoms with Gasteiger partial charge in [0.25, 0.3) is 5.91 Å². The van der Waals surface area contributed by atoms with E-state index < -0.39 is 0 Å². The number of nitrogens with one attached hydrogen (secondary N) is 1. The third-order valence-corrected chi connectivity index (χ3v) is 6.31. The van der Waals surface area contributed by atoms with Gasteiger partial charge in [-0.2, -0.15) is 11.8 Å². The molecule has 5 heteroatoms. The van der Waals surface area contributed by atoms with Crippen LogP contribution in [0.4, 0.5) is 0 Å². The molecule has 2 rings (SSSR count). The monoisotopic (exact) mass is 405 g/mol. The van der Waals surface area contributed by atoms with Crippen LogP contribution in [0.1, 0.15) is 42.5 Å². The predicted octanol–water partition coefficient (Wildman–Crippen LogP) is 3.79. The molecule has 0 bridgehead atoms. The Bertz CT molecular complexity index is 487. The van der Waals surface area contributed by atoms with Gasteiger partial charge < -0.3 is 10.4 Å². The fourth-order valence-electron chi connectivity index (χ4n) is 2.65. The molecule has 1 saturated carbocycles. The molecule has 110 valence electrons. The van der Waals surface area contributed by atoms with Crippen molar-refractivity contribution in [2.75, 3.05) is 12.8 Å². The summed E-state index contributed by atoms with van der Waals surface area (Å²) in [6.07, 6.45) is 8.29. The molecule has 0 saturated heterocycles. The summed E-state index contributed by atoms with van der Waals surface area (Å²) >= 11 is 3.91. The van der Waals surface area contributed by atoms with E-state index in [1.54, 1.807) is 12.1 Å². The smallest absolute Gasteiger partial charge is 0.251 e. The second-order valence-corrected chi connectivity index (χ2v) is 7.73. The van der Waals surface area contributed by atoms with Crippen molar-refractivity contribution in [3.05, 3.63) is 27.3 Å². The van der Waals surface area contributed by atoms with Crippen molar-refractivity contribution in [2.24, 2.45) is 0 Å². The van der Waals surface area contributed by atoms with E-state index in [4.69, 9.17) is 0 Å². The summed E-state index contributed by atoms with van der Waals surface area (Å²) in [5, 5.41) is 12.7. The lowest BCUT2D eigenvalue weighted by molar-refractivity contribution is 0.0946. The number of aromatic hydroxyl groups is 1. The molecule has 2 N–H and O–H groups in total. The maximum absolute atomic E-state index is 12.2. The highest BCUT2D eigenvalue weighted by Gasteiger charge is 2.31. The minimum Gasteiger partial charge on any atom is -0.507 e. The summed E-state index contributed by atoms with van der Waals surface area (Å²) in [5.74, 6) is 0.0613. The Morgan fingerprint density at radius 3 is 2.70 bits per heavy atom. The van der Waals surface area contributed by atoms with Gasteiger partial charge in [0.1, 0.15) is 5.75 Å². The van der Waals surface area contributed by atoms with Gasteiger partial charge in [-0.15, -0.1) is 0 Å². The van der Waals surface area contributed by atoms with Gasteiger partial charge in [0, 0.05) is 16.9 Å². The number of carbonyl (C=O) groups excluding carboxylic acids is 1. The number of rotatable bonds is 4. The van der Waals surface area contributed by atoms with Crippen molar-refractivity contribution in [3.8, 4) is 5.75 Å². The highest BCUT2D eigenvalue weighted by molar-refractivity contribution is 14.1. The fraction of sp³-hybridized carbons (Fsp3) is 0.533. The molecular weight excluding hydrogens is 385 g/mol. The molecule has 0 radical (unpaired) electrons. The van der Waals surface area contributed by atoms with E-state index in [1.165, 1.54) is 38.2 Å². The lowest BCUT2D eigenvalue weighted by Crippen LogP contribution is -2.41. The first-order valence-corrected chi connectivity index (χ1v) is 9.18. The lowest BCUT2D eigenvalue weighted by atomic mass is 9.88. The third-order valence-electron chi connectivity index (χ3n) is 3.98. The van der Waals surface area contributed by atoms with Crippen LogP contribution in [0.2, 0.25) is 0 Å². The molecule has 0 atom stereocenters. The van der Waals surface area contributed by atoms with Crippen molar-refractivity contribution in [1.82, 2.24) is 5.32 Å². The Morgan fingerprint density at radius 1 is 1.40 bits per heavy atom. The van der Waals surface area contributed by atoms with Gasteiger partial charge >= 0.3 is 0 Å². The van der Waals surface area contributed by atoms with Gasteiger partial charge in [-0.25, -0.2) is 0 Å². The van der Waals surface area contributed by atoms with Crippen molar-refractivity contribution < 1.29 is 9.90 Å². The van der Waals surface area contributed by atoms with E-state index >= 15 is 0 Å². The maximum atomic E-state index is 12.2. The van der Waals surface area contributed by atoms with Crippen LogP contribution in [0.3, 0.4) is 0 Å². The number of phenols is 1. The molecule has 0 spiro atoms. The minimum atomic E-state index is -0.101. The van der Waals surface area contributed by atoms with E-state index in [-0.39, 0.29) is 16.4 Å². The number of phenolic OH excluding ortho intramolecular Hbond substituents is 1. The van der Waals surface area contributed by atoms with E-state index in [9.17, 15) is 9.90 Å². The summed E-state index contributed by atoms with van der Waals surface area (Å²) in [4.78, 5) is 12.2. The van der Waals surface area contributed by atoms with Crippen LogP contribution < -0.4 is 5.32 Å². The average Bonchev–Trinajstić information content (AvgIpc) is 2.48. The summed E-state index contributed by atoms with van der Waals surface area (Å²) in [5.41, 5.74) is 0.523. The molecule has 1 aromatic rings. The van der Waals surface area contributed by atoms with Gasteiger partial charge in [0.2, 0.25) is 0 Å². The van der Waals surface area contributed by atoms with Gasteiger partial charge in [0.15, 0.2) is 0 Å². The van der Waals surface area contributed by atoms with Crippen LogP contribution in [0.5, 0.6) is 5.75 Å². The van der Waals surface area contributed by atoms with Crippen LogP contribution in [0.15, 0.2) is 18.2 Å². The molecule has 0 aliphatic heterocycles. The van der Waals surface area contributed by atoms with E-state index in [0.717, 1.165) is 3.57 Å². The quantitative estimate of drug-likeness (QED) is 0.750. The first-order chi connectivity index (χ1) is 9.56. The highest BCUT2D eigenvalue weighted by Crippen LogP contribution is 2.38. The zero-order valence-electron chi connectivity index (χ0n) is 11.6. The van der Waals surface area contributed by atoms with Crippen molar-refractivity contribution >= 4 is 40.3 Å². The van der Waals surface area contributed by atoms with Gasteiger partial charge in [-0.1, -0.05) is 19.3 Å². The summed E-state index contributed by atoms with van der Waals surface area (Å²) in [7, 11) is 0. The summed E-state index contributed by atoms with van der Waals surface area (Å²) in [6, 6.07) is 5.04. The number of amides is 1. The largest absolute Gasteiger partial charge is 0.507 e. The van der Waals surface area contributed by atoms with Crippen molar-refractivity contribution in [1.29, 1.82) is 0 Å². The SMILES string of the molecule is CSC1(CNC(=O)c2ccc(I)c(O)c2)CCCCC1. The van der Waals surface area contributed by atoms with Gasteiger partial charge in [-0.05, 0) is 59.9 Å². The van der Waals surface area contributed by atoms with Crippen LogP contribution in [-0.2, 0) is 0 Å². The van der Waals surface area contributed by atoms with Crippen LogP contribution in [0.25, 0.3) is 0 Å². The molecule has 0 aromatic heterocycles. The molecule has 3 nitrogen and oxygen atoms in total. The van der Waals surface area contributed by atoms with Crippen molar-refractivity contribution in [2.45, 2.75) is 36.9 Å². The zero-order chi connectivity index (χ0) is 14.6. The highest BCUT2D eigenvalue weighted by atomic mass is 127. The Hall–Kier alpha value is -0.430. The van der Waals surface area contributed by atoms with Gasteiger partial charge in [-0.3, -0.25) is 4.79 Å². The maximum Gasteiger partial charge on any atom is 0.251 e. The Kier molecular flexibility index (Phi) is 5.60.